The maximum Gasteiger partial charge on any atom is 0.410 e. The van der Waals surface area contributed by atoms with Gasteiger partial charge in [-0.25, -0.2) is 9.59 Å². The van der Waals surface area contributed by atoms with Gasteiger partial charge in [0.2, 0.25) is 5.91 Å². The van der Waals surface area contributed by atoms with Crippen molar-refractivity contribution >= 4 is 23.7 Å². The summed E-state index contributed by atoms with van der Waals surface area (Å²) in [6.45, 7) is 12.8. The normalized spacial score (nSPS) is 21.9. The molecular weight excluding hydrogens is 534 g/mol. The van der Waals surface area contributed by atoms with Gasteiger partial charge in [-0.1, -0.05) is 30.3 Å². The number of hydrogen-bond acceptors (Lipinski definition) is 7. The van der Waals surface area contributed by atoms with E-state index in [1.807, 2.05) is 71.9 Å². The quantitative estimate of drug-likeness (QED) is 0.435. The SMILES string of the molecule is CC(C)(C)OC(=O)c1ccc(NC(=O)C2NCC(OC3CCN(C(=O)OC(C)(C)C)CC3)CC2c2ccccc2)cc1. The van der Waals surface area contributed by atoms with E-state index in [9.17, 15) is 14.4 Å². The molecule has 2 heterocycles. The minimum atomic E-state index is -0.581. The highest BCUT2D eigenvalue weighted by atomic mass is 16.6. The van der Waals surface area contributed by atoms with E-state index in [4.69, 9.17) is 14.2 Å². The van der Waals surface area contributed by atoms with Gasteiger partial charge in [0.1, 0.15) is 11.2 Å². The lowest BCUT2D eigenvalue weighted by Gasteiger charge is -2.39. The van der Waals surface area contributed by atoms with Gasteiger partial charge >= 0.3 is 12.1 Å². The smallest absolute Gasteiger partial charge is 0.410 e. The Hall–Kier alpha value is -3.43. The Kier molecular flexibility index (Phi) is 9.94. The Morgan fingerprint density at radius 1 is 0.833 bits per heavy atom. The number of rotatable bonds is 6. The molecule has 2 aromatic rings. The van der Waals surface area contributed by atoms with E-state index in [2.05, 4.69) is 10.6 Å². The van der Waals surface area contributed by atoms with Crippen molar-refractivity contribution in [3.63, 3.8) is 0 Å². The van der Waals surface area contributed by atoms with Gasteiger partial charge in [0.25, 0.3) is 0 Å². The van der Waals surface area contributed by atoms with E-state index in [0.29, 0.717) is 37.3 Å². The van der Waals surface area contributed by atoms with Gasteiger partial charge in [-0.05, 0) is 90.6 Å². The Balaban J connectivity index is 1.36. The maximum atomic E-state index is 13.5. The molecule has 0 aromatic heterocycles. The molecule has 0 radical (unpaired) electrons. The third kappa shape index (κ3) is 9.03. The number of esters is 1. The van der Waals surface area contributed by atoms with Crippen LogP contribution in [0.3, 0.4) is 0 Å². The molecule has 3 atom stereocenters. The van der Waals surface area contributed by atoms with Gasteiger partial charge in [-0.2, -0.15) is 0 Å². The molecule has 2 aliphatic rings. The van der Waals surface area contributed by atoms with Crippen molar-refractivity contribution in [1.29, 1.82) is 0 Å². The van der Waals surface area contributed by atoms with Gasteiger partial charge < -0.3 is 29.7 Å². The molecule has 228 valence electrons. The van der Waals surface area contributed by atoms with Crippen molar-refractivity contribution in [2.24, 2.45) is 0 Å². The van der Waals surface area contributed by atoms with Crippen LogP contribution in [0.4, 0.5) is 10.5 Å². The van der Waals surface area contributed by atoms with Crippen LogP contribution in [0.1, 0.15) is 82.6 Å². The molecule has 0 bridgehead atoms. The highest BCUT2D eigenvalue weighted by Gasteiger charge is 2.38. The number of hydrogen-bond donors (Lipinski definition) is 2. The second kappa shape index (κ2) is 13.3. The third-order valence-corrected chi connectivity index (χ3v) is 7.26. The predicted octanol–water partition coefficient (Wildman–Crippen LogP) is 5.51. The van der Waals surface area contributed by atoms with E-state index >= 15 is 0 Å². The third-order valence-electron chi connectivity index (χ3n) is 7.26. The topological polar surface area (TPSA) is 106 Å². The highest BCUT2D eigenvalue weighted by Crippen LogP contribution is 2.32. The molecule has 0 aliphatic carbocycles. The van der Waals surface area contributed by atoms with E-state index < -0.39 is 23.2 Å². The lowest BCUT2D eigenvalue weighted by atomic mass is 9.83. The predicted molar refractivity (Wildman–Crippen MR) is 162 cm³/mol. The molecule has 2 N–H and O–H groups in total. The molecule has 2 fully saturated rings. The molecule has 2 amide bonds. The van der Waals surface area contributed by atoms with Crippen molar-refractivity contribution in [3.8, 4) is 0 Å². The molecule has 0 saturated carbocycles. The summed E-state index contributed by atoms with van der Waals surface area (Å²) >= 11 is 0. The number of piperidine rings is 2. The zero-order valence-corrected chi connectivity index (χ0v) is 25.6. The summed E-state index contributed by atoms with van der Waals surface area (Å²) in [4.78, 5) is 40.0. The van der Waals surface area contributed by atoms with E-state index in [-0.39, 0.29) is 30.1 Å². The summed E-state index contributed by atoms with van der Waals surface area (Å²) in [5, 5.41) is 6.45. The zero-order valence-electron chi connectivity index (χ0n) is 25.6. The van der Waals surface area contributed by atoms with Crippen LogP contribution in [0, 0.1) is 0 Å². The minimum Gasteiger partial charge on any atom is -0.456 e. The van der Waals surface area contributed by atoms with Crippen molar-refractivity contribution in [3.05, 3.63) is 65.7 Å². The molecule has 0 spiro atoms. The van der Waals surface area contributed by atoms with Gasteiger partial charge in [-0.15, -0.1) is 0 Å². The van der Waals surface area contributed by atoms with E-state index in [1.165, 1.54) is 0 Å². The first-order valence-electron chi connectivity index (χ1n) is 14.8. The summed E-state index contributed by atoms with van der Waals surface area (Å²) in [6.07, 6.45) is 1.88. The second-order valence-electron chi connectivity index (χ2n) is 13.1. The second-order valence-corrected chi connectivity index (χ2v) is 13.1. The standard InChI is InChI=1S/C33H45N3O6/c1-32(2,3)41-30(38)23-12-14-24(15-13-23)35-29(37)28-27(22-10-8-7-9-11-22)20-26(21-34-28)40-25-16-18-36(19-17-25)31(39)42-33(4,5)6/h7-15,25-28,34H,16-21H2,1-6H3,(H,35,37). The summed E-state index contributed by atoms with van der Waals surface area (Å²) in [6, 6.07) is 16.3. The average Bonchev–Trinajstić information content (AvgIpc) is 2.92. The van der Waals surface area contributed by atoms with Crippen LogP contribution < -0.4 is 10.6 Å². The monoisotopic (exact) mass is 579 g/mol. The number of benzene rings is 2. The Morgan fingerprint density at radius 2 is 1.45 bits per heavy atom. The van der Waals surface area contributed by atoms with Crippen LogP contribution >= 0.6 is 0 Å². The summed E-state index contributed by atoms with van der Waals surface area (Å²) in [5.74, 6) is -0.633. The Labute approximate surface area is 249 Å². The van der Waals surface area contributed by atoms with E-state index in [0.717, 1.165) is 18.4 Å². The first kappa shape index (κ1) is 31.5. The van der Waals surface area contributed by atoms with Gasteiger partial charge in [0, 0.05) is 31.2 Å². The first-order valence-corrected chi connectivity index (χ1v) is 14.8. The fraction of sp³-hybridized carbons (Fsp3) is 0.545. The zero-order chi connectivity index (χ0) is 30.5. The maximum absolute atomic E-state index is 13.5. The summed E-state index contributed by atoms with van der Waals surface area (Å²) in [5.41, 5.74) is 1.01. The number of nitrogens with zero attached hydrogens (tertiary/aromatic N) is 1. The lowest BCUT2D eigenvalue weighted by molar-refractivity contribution is -0.120. The van der Waals surface area contributed by atoms with Crippen LogP contribution in [0.15, 0.2) is 54.6 Å². The number of anilines is 1. The van der Waals surface area contributed by atoms with Crippen LogP contribution in [0.5, 0.6) is 0 Å². The molecule has 3 unspecified atom stereocenters. The Morgan fingerprint density at radius 3 is 2.05 bits per heavy atom. The first-order chi connectivity index (χ1) is 19.8. The fourth-order valence-corrected chi connectivity index (χ4v) is 5.33. The molecular formula is C33H45N3O6. The highest BCUT2D eigenvalue weighted by molar-refractivity contribution is 5.96. The molecule has 2 aromatic carbocycles. The Bertz CT molecular complexity index is 1210. The number of nitrogens with one attached hydrogen (secondary N) is 2. The van der Waals surface area contributed by atoms with Gasteiger partial charge in [-0.3, -0.25) is 4.79 Å². The van der Waals surface area contributed by atoms with Gasteiger partial charge in [0.05, 0.1) is 23.8 Å². The van der Waals surface area contributed by atoms with Crippen LogP contribution in [0.25, 0.3) is 0 Å². The number of carbonyl (C=O) groups is 3. The number of carbonyl (C=O) groups excluding carboxylic acids is 3. The van der Waals surface area contributed by atoms with Crippen molar-refractivity contribution in [2.75, 3.05) is 25.0 Å². The number of amides is 2. The van der Waals surface area contributed by atoms with Crippen LogP contribution in [0.2, 0.25) is 0 Å². The molecule has 9 heteroatoms. The summed E-state index contributed by atoms with van der Waals surface area (Å²) < 4.78 is 17.5. The number of ether oxygens (including phenoxy) is 3. The minimum absolute atomic E-state index is 0.0424. The molecule has 4 rings (SSSR count). The van der Waals surface area contributed by atoms with E-state index in [1.54, 1.807) is 29.2 Å². The fourth-order valence-electron chi connectivity index (χ4n) is 5.33. The molecule has 2 aliphatic heterocycles. The summed E-state index contributed by atoms with van der Waals surface area (Å²) in [7, 11) is 0. The van der Waals surface area contributed by atoms with Crippen molar-refractivity contribution in [2.45, 2.75) is 96.2 Å². The molecule has 42 heavy (non-hydrogen) atoms. The van der Waals surface area contributed by atoms with Crippen molar-refractivity contribution in [1.82, 2.24) is 10.2 Å². The average molecular weight is 580 g/mol. The number of likely N-dealkylation sites (tertiary alicyclic amines) is 1. The molecule has 9 nitrogen and oxygen atoms in total. The van der Waals surface area contributed by atoms with Gasteiger partial charge in [0.15, 0.2) is 0 Å². The molecule has 2 saturated heterocycles. The largest absolute Gasteiger partial charge is 0.456 e. The van der Waals surface area contributed by atoms with Crippen LogP contribution in [-0.4, -0.2) is 72.0 Å². The lowest BCUT2D eigenvalue weighted by Crippen LogP contribution is -2.54. The van der Waals surface area contributed by atoms with Crippen LogP contribution in [-0.2, 0) is 19.0 Å². The van der Waals surface area contributed by atoms with Crippen molar-refractivity contribution < 1.29 is 28.6 Å².